The highest BCUT2D eigenvalue weighted by molar-refractivity contribution is 6.09. The third-order valence-corrected chi connectivity index (χ3v) is 3.78. The maximum Gasteiger partial charge on any atom is 0.266 e. The molecule has 25 heavy (non-hydrogen) atoms. The number of carbonyl (C=O) groups is 1. The molecule has 4 nitrogen and oxygen atoms in total. The molecule has 0 aliphatic rings. The number of aryl methyl sites for hydroxylation is 1. The number of amides is 1. The third kappa shape index (κ3) is 3.85. The first-order valence-corrected chi connectivity index (χ1v) is 7.90. The predicted molar refractivity (Wildman–Crippen MR) is 99.2 cm³/mol. The Balaban J connectivity index is 1.86. The normalized spacial score (nSPS) is 11.0. The molecule has 0 saturated heterocycles. The summed E-state index contributed by atoms with van der Waals surface area (Å²) in [6, 6.07) is 22.9. The van der Waals surface area contributed by atoms with Crippen LogP contribution in [0.25, 0.3) is 11.8 Å². The Morgan fingerprint density at radius 2 is 1.76 bits per heavy atom. The largest absolute Gasteiger partial charge is 0.321 e. The van der Waals surface area contributed by atoms with Gasteiger partial charge in [-0.3, -0.25) is 4.79 Å². The fourth-order valence-corrected chi connectivity index (χ4v) is 2.47. The zero-order valence-corrected chi connectivity index (χ0v) is 13.8. The lowest BCUT2D eigenvalue weighted by Crippen LogP contribution is -2.13. The lowest BCUT2D eigenvalue weighted by molar-refractivity contribution is -0.112. The van der Waals surface area contributed by atoms with E-state index in [0.717, 1.165) is 16.9 Å². The Labute approximate surface area is 146 Å². The zero-order valence-electron chi connectivity index (χ0n) is 13.8. The van der Waals surface area contributed by atoms with Gasteiger partial charge in [0, 0.05) is 23.3 Å². The molecule has 0 fully saturated rings. The van der Waals surface area contributed by atoms with Crippen molar-refractivity contribution in [2.45, 2.75) is 6.92 Å². The van der Waals surface area contributed by atoms with Crippen LogP contribution in [0.1, 0.15) is 11.3 Å². The van der Waals surface area contributed by atoms with Gasteiger partial charge in [-0.2, -0.15) is 5.26 Å². The summed E-state index contributed by atoms with van der Waals surface area (Å²) in [5.74, 6) is -0.424. The van der Waals surface area contributed by atoms with Crippen molar-refractivity contribution >= 4 is 17.7 Å². The standard InChI is InChI=1S/C21H17N3O/c1-16-9-11-18(12-10-16)23-21(25)17(15-22)14-20-8-5-13-24(20)19-6-3-2-4-7-19/h2-14H,1H3,(H,23,25)/b17-14-. The van der Waals surface area contributed by atoms with E-state index in [2.05, 4.69) is 5.32 Å². The van der Waals surface area contributed by atoms with E-state index in [1.165, 1.54) is 0 Å². The summed E-state index contributed by atoms with van der Waals surface area (Å²) in [5, 5.41) is 12.1. The number of nitrogens with one attached hydrogen (secondary N) is 1. The van der Waals surface area contributed by atoms with Crippen LogP contribution in [0.4, 0.5) is 5.69 Å². The number of hydrogen-bond donors (Lipinski definition) is 1. The molecule has 0 saturated carbocycles. The van der Waals surface area contributed by atoms with Crippen LogP contribution in [0.3, 0.4) is 0 Å². The second-order valence-corrected chi connectivity index (χ2v) is 5.63. The van der Waals surface area contributed by atoms with Crippen molar-refractivity contribution in [3.05, 3.63) is 89.8 Å². The Bertz CT molecular complexity index is 945. The second kappa shape index (κ2) is 7.33. The molecule has 122 valence electrons. The molecule has 0 aliphatic heterocycles. The van der Waals surface area contributed by atoms with Crippen LogP contribution in [0.5, 0.6) is 0 Å². The van der Waals surface area contributed by atoms with Crippen LogP contribution in [-0.4, -0.2) is 10.5 Å². The minimum absolute atomic E-state index is 0.0523. The van der Waals surface area contributed by atoms with Crippen LogP contribution < -0.4 is 5.32 Å². The van der Waals surface area contributed by atoms with Gasteiger partial charge < -0.3 is 9.88 Å². The van der Waals surface area contributed by atoms with Gasteiger partial charge >= 0.3 is 0 Å². The summed E-state index contributed by atoms with van der Waals surface area (Å²) in [6.07, 6.45) is 3.49. The van der Waals surface area contributed by atoms with Crippen molar-refractivity contribution in [2.75, 3.05) is 5.32 Å². The Hall–Kier alpha value is -3.58. The topological polar surface area (TPSA) is 57.8 Å². The maximum absolute atomic E-state index is 12.4. The van der Waals surface area contributed by atoms with Gasteiger partial charge in [0.05, 0.1) is 0 Å². The van der Waals surface area contributed by atoms with Crippen molar-refractivity contribution in [3.63, 3.8) is 0 Å². The van der Waals surface area contributed by atoms with E-state index in [9.17, 15) is 10.1 Å². The summed E-state index contributed by atoms with van der Waals surface area (Å²) >= 11 is 0. The van der Waals surface area contributed by atoms with Crippen molar-refractivity contribution in [2.24, 2.45) is 0 Å². The molecule has 0 bridgehead atoms. The molecule has 1 amide bonds. The average Bonchev–Trinajstić information content (AvgIpc) is 3.10. The first-order valence-electron chi connectivity index (χ1n) is 7.90. The molecule has 1 aromatic heterocycles. The van der Waals surface area contributed by atoms with E-state index in [-0.39, 0.29) is 5.57 Å². The molecule has 0 radical (unpaired) electrons. The van der Waals surface area contributed by atoms with Crippen molar-refractivity contribution in [3.8, 4) is 11.8 Å². The number of nitrogens with zero attached hydrogens (tertiary/aromatic N) is 2. The lowest BCUT2D eigenvalue weighted by atomic mass is 10.2. The fraction of sp³-hybridized carbons (Fsp3) is 0.0476. The van der Waals surface area contributed by atoms with Crippen molar-refractivity contribution in [1.29, 1.82) is 5.26 Å². The van der Waals surface area contributed by atoms with Gasteiger partial charge in [0.25, 0.3) is 5.91 Å². The Kier molecular flexibility index (Phi) is 4.77. The minimum atomic E-state index is -0.424. The highest BCUT2D eigenvalue weighted by Crippen LogP contribution is 2.16. The smallest absolute Gasteiger partial charge is 0.266 e. The summed E-state index contributed by atoms with van der Waals surface area (Å²) in [6.45, 7) is 1.98. The summed E-state index contributed by atoms with van der Waals surface area (Å²) in [7, 11) is 0. The number of rotatable bonds is 4. The molecule has 3 aromatic rings. The van der Waals surface area contributed by atoms with Gasteiger partial charge in [-0.05, 0) is 49.4 Å². The van der Waals surface area contributed by atoms with E-state index in [0.29, 0.717) is 5.69 Å². The van der Waals surface area contributed by atoms with Crippen LogP contribution in [0, 0.1) is 18.3 Å². The maximum atomic E-state index is 12.4. The quantitative estimate of drug-likeness (QED) is 0.573. The number of para-hydroxylation sites is 1. The highest BCUT2D eigenvalue weighted by atomic mass is 16.1. The van der Waals surface area contributed by atoms with Crippen LogP contribution in [0.15, 0.2) is 78.5 Å². The van der Waals surface area contributed by atoms with Crippen molar-refractivity contribution < 1.29 is 4.79 Å². The Morgan fingerprint density at radius 3 is 2.44 bits per heavy atom. The molecule has 0 unspecified atom stereocenters. The fourth-order valence-electron chi connectivity index (χ4n) is 2.47. The number of anilines is 1. The molecular formula is C21H17N3O. The number of carbonyl (C=O) groups excluding carboxylic acids is 1. The zero-order chi connectivity index (χ0) is 17.6. The second-order valence-electron chi connectivity index (χ2n) is 5.63. The van der Waals surface area contributed by atoms with Gasteiger partial charge in [-0.1, -0.05) is 35.9 Å². The van der Waals surface area contributed by atoms with Crippen molar-refractivity contribution in [1.82, 2.24) is 4.57 Å². The first-order chi connectivity index (χ1) is 12.2. The summed E-state index contributed by atoms with van der Waals surface area (Å²) in [5.41, 5.74) is 3.55. The van der Waals surface area contributed by atoms with E-state index in [1.807, 2.05) is 90.5 Å². The van der Waals surface area contributed by atoms with Gasteiger partial charge in [0.2, 0.25) is 0 Å². The number of hydrogen-bond acceptors (Lipinski definition) is 2. The van der Waals surface area contributed by atoms with Gasteiger partial charge in [0.15, 0.2) is 0 Å². The average molecular weight is 327 g/mol. The molecule has 4 heteroatoms. The van der Waals surface area contributed by atoms with Crippen LogP contribution in [-0.2, 0) is 4.79 Å². The molecule has 2 aromatic carbocycles. The molecule has 3 rings (SSSR count). The van der Waals surface area contributed by atoms with Crippen LogP contribution in [0.2, 0.25) is 0 Å². The summed E-state index contributed by atoms with van der Waals surface area (Å²) in [4.78, 5) is 12.4. The van der Waals surface area contributed by atoms with Gasteiger partial charge in [0.1, 0.15) is 11.6 Å². The molecule has 0 atom stereocenters. The monoisotopic (exact) mass is 327 g/mol. The first kappa shape index (κ1) is 16.3. The van der Waals surface area contributed by atoms with E-state index in [4.69, 9.17) is 0 Å². The highest BCUT2D eigenvalue weighted by Gasteiger charge is 2.11. The molecule has 0 aliphatic carbocycles. The SMILES string of the molecule is Cc1ccc(NC(=O)/C(C#N)=C\c2cccn2-c2ccccc2)cc1. The minimum Gasteiger partial charge on any atom is -0.321 e. The molecular weight excluding hydrogens is 310 g/mol. The predicted octanol–water partition coefficient (Wildman–Crippen LogP) is 4.33. The van der Waals surface area contributed by atoms with E-state index < -0.39 is 5.91 Å². The Morgan fingerprint density at radius 1 is 1.04 bits per heavy atom. The molecule has 1 heterocycles. The number of nitriles is 1. The third-order valence-electron chi connectivity index (χ3n) is 3.78. The lowest BCUT2D eigenvalue weighted by Gasteiger charge is -2.07. The number of benzene rings is 2. The van der Waals surface area contributed by atoms with E-state index >= 15 is 0 Å². The van der Waals surface area contributed by atoms with E-state index in [1.54, 1.807) is 6.08 Å². The molecule has 0 spiro atoms. The van der Waals surface area contributed by atoms with Gasteiger partial charge in [-0.15, -0.1) is 0 Å². The molecule has 1 N–H and O–H groups in total. The van der Waals surface area contributed by atoms with Gasteiger partial charge in [-0.25, -0.2) is 0 Å². The summed E-state index contributed by atoms with van der Waals surface area (Å²) < 4.78 is 1.93. The van der Waals surface area contributed by atoms with Crippen LogP contribution >= 0.6 is 0 Å². The number of aromatic nitrogens is 1.